The van der Waals surface area contributed by atoms with E-state index in [0.29, 0.717) is 38.3 Å². The summed E-state index contributed by atoms with van der Waals surface area (Å²) in [5.41, 5.74) is 0.881. The zero-order valence-electron chi connectivity index (χ0n) is 15.0. The molecular formula is C19H15ClN4O2S2. The molecule has 28 heavy (non-hydrogen) atoms. The smallest absolute Gasteiger partial charge is 0.266 e. The van der Waals surface area contributed by atoms with Crippen LogP contribution in [0.2, 0.25) is 5.02 Å². The summed E-state index contributed by atoms with van der Waals surface area (Å²) < 4.78 is 5.88. The Labute approximate surface area is 174 Å². The lowest BCUT2D eigenvalue weighted by atomic mass is 10.2. The molecule has 0 unspecified atom stereocenters. The summed E-state index contributed by atoms with van der Waals surface area (Å²) >= 11 is 8.73. The van der Waals surface area contributed by atoms with Gasteiger partial charge in [-0.3, -0.25) is 9.69 Å². The van der Waals surface area contributed by atoms with Gasteiger partial charge in [0.25, 0.3) is 5.91 Å². The van der Waals surface area contributed by atoms with Crippen LogP contribution in [-0.4, -0.2) is 32.7 Å². The van der Waals surface area contributed by atoms with Crippen LogP contribution in [0.1, 0.15) is 17.7 Å². The van der Waals surface area contributed by atoms with Gasteiger partial charge in [0.05, 0.1) is 4.91 Å². The molecule has 0 aliphatic carbocycles. The summed E-state index contributed by atoms with van der Waals surface area (Å²) in [5.74, 6) is 1.18. The van der Waals surface area contributed by atoms with Crippen LogP contribution in [0, 0.1) is 6.92 Å². The maximum Gasteiger partial charge on any atom is 0.266 e. The number of aliphatic imine (C=N–C) groups is 1. The van der Waals surface area contributed by atoms with Crippen molar-refractivity contribution < 1.29 is 9.21 Å². The zero-order valence-corrected chi connectivity index (χ0v) is 17.4. The van der Waals surface area contributed by atoms with Crippen LogP contribution in [0.15, 0.2) is 50.7 Å². The van der Waals surface area contributed by atoms with Crippen molar-refractivity contribution in [3.8, 4) is 11.3 Å². The van der Waals surface area contributed by atoms with E-state index in [9.17, 15) is 4.79 Å². The third-order valence-corrected chi connectivity index (χ3v) is 5.89. The normalized spacial score (nSPS) is 17.2. The summed E-state index contributed by atoms with van der Waals surface area (Å²) in [6.07, 6.45) is 1.73. The van der Waals surface area contributed by atoms with Crippen LogP contribution in [-0.2, 0) is 4.79 Å². The number of likely N-dealkylation sites (N-methyl/N-ethyl adjacent to an activating group) is 1. The number of benzene rings is 1. The number of thioether (sulfide) groups is 1. The Kier molecular flexibility index (Phi) is 5.34. The van der Waals surface area contributed by atoms with Crippen LogP contribution in [0.4, 0.5) is 5.13 Å². The van der Waals surface area contributed by atoms with Gasteiger partial charge in [-0.15, -0.1) is 10.2 Å². The van der Waals surface area contributed by atoms with Crippen LogP contribution in [0.3, 0.4) is 0 Å². The molecule has 1 aliphatic rings. The van der Waals surface area contributed by atoms with E-state index < -0.39 is 0 Å². The minimum atomic E-state index is -0.104. The second-order valence-electron chi connectivity index (χ2n) is 5.87. The Morgan fingerprint density at radius 1 is 1.29 bits per heavy atom. The van der Waals surface area contributed by atoms with E-state index in [1.54, 1.807) is 11.0 Å². The van der Waals surface area contributed by atoms with E-state index >= 15 is 0 Å². The molecule has 0 bridgehead atoms. The number of hydrogen-bond acceptors (Lipinski definition) is 7. The maximum atomic E-state index is 12.7. The Bertz CT molecular complexity index is 1100. The van der Waals surface area contributed by atoms with Crippen molar-refractivity contribution in [2.24, 2.45) is 4.99 Å². The van der Waals surface area contributed by atoms with E-state index in [1.807, 2.05) is 50.2 Å². The Morgan fingerprint density at radius 3 is 2.86 bits per heavy atom. The molecule has 142 valence electrons. The third-order valence-electron chi connectivity index (χ3n) is 3.92. The number of furan rings is 1. The summed E-state index contributed by atoms with van der Waals surface area (Å²) in [5, 5.41) is 10.6. The molecule has 0 radical (unpaired) electrons. The highest BCUT2D eigenvalue weighted by Gasteiger charge is 2.32. The molecular weight excluding hydrogens is 416 g/mol. The molecule has 1 fully saturated rings. The number of carbonyl (C=O) groups excluding carboxylic acids is 1. The molecule has 0 N–H and O–H groups in total. The largest absolute Gasteiger partial charge is 0.457 e. The van der Waals surface area contributed by atoms with Crippen molar-refractivity contribution in [3.05, 3.63) is 57.1 Å². The molecule has 9 heteroatoms. The average Bonchev–Trinajstić information content (AvgIpc) is 3.36. The summed E-state index contributed by atoms with van der Waals surface area (Å²) in [6.45, 7) is 4.30. The van der Waals surface area contributed by atoms with E-state index in [1.165, 1.54) is 23.1 Å². The van der Waals surface area contributed by atoms with Gasteiger partial charge < -0.3 is 4.42 Å². The second kappa shape index (κ2) is 7.90. The quantitative estimate of drug-likeness (QED) is 0.519. The molecule has 3 aromatic rings. The Morgan fingerprint density at radius 2 is 2.14 bits per heavy atom. The molecule has 1 amide bonds. The van der Waals surface area contributed by atoms with Gasteiger partial charge in [0.2, 0.25) is 5.13 Å². The number of amidine groups is 1. The summed E-state index contributed by atoms with van der Waals surface area (Å²) in [6, 6.07) is 11.1. The standard InChI is InChI=1S/C19H15ClN4O2S2/c1-3-24-17(25)16(28-19(24)21-18-23-22-11(2)27-18)10-14-7-8-15(26-14)12-5-4-6-13(20)9-12/h4-10H,3H2,1-2H3/b16-10+,21-19+. The lowest BCUT2D eigenvalue weighted by Crippen LogP contribution is -2.28. The first kappa shape index (κ1) is 18.9. The Balaban J connectivity index is 1.61. The predicted octanol–water partition coefficient (Wildman–Crippen LogP) is 5.38. The fourth-order valence-electron chi connectivity index (χ4n) is 2.64. The highest BCUT2D eigenvalue weighted by Crippen LogP contribution is 2.35. The summed E-state index contributed by atoms with van der Waals surface area (Å²) in [7, 11) is 0. The average molecular weight is 431 g/mol. The van der Waals surface area contributed by atoms with Crippen LogP contribution < -0.4 is 0 Å². The van der Waals surface area contributed by atoms with E-state index in [4.69, 9.17) is 16.0 Å². The highest BCUT2D eigenvalue weighted by atomic mass is 35.5. The number of rotatable bonds is 4. The van der Waals surface area contributed by atoms with Crippen molar-refractivity contribution >= 4 is 57.0 Å². The van der Waals surface area contributed by atoms with Crippen molar-refractivity contribution in [3.63, 3.8) is 0 Å². The minimum Gasteiger partial charge on any atom is -0.457 e. The third kappa shape index (κ3) is 3.89. The van der Waals surface area contributed by atoms with Gasteiger partial charge in [-0.2, -0.15) is 4.99 Å². The highest BCUT2D eigenvalue weighted by molar-refractivity contribution is 8.18. The molecule has 0 spiro atoms. The van der Waals surface area contributed by atoms with E-state index in [2.05, 4.69) is 15.2 Å². The van der Waals surface area contributed by atoms with Gasteiger partial charge in [-0.25, -0.2) is 0 Å². The molecule has 6 nitrogen and oxygen atoms in total. The van der Waals surface area contributed by atoms with Gasteiger partial charge in [0.1, 0.15) is 16.5 Å². The fraction of sp³-hybridized carbons (Fsp3) is 0.158. The maximum absolute atomic E-state index is 12.7. The molecule has 1 saturated heterocycles. The van der Waals surface area contributed by atoms with Crippen molar-refractivity contribution in [2.75, 3.05) is 6.54 Å². The lowest BCUT2D eigenvalue weighted by Gasteiger charge is -2.10. The SMILES string of the molecule is CCN1C(=O)/C(=C\c2ccc(-c3cccc(Cl)c3)o2)S/C1=N/c1nnc(C)s1. The van der Waals surface area contributed by atoms with Gasteiger partial charge in [-0.05, 0) is 49.9 Å². The fourth-order valence-corrected chi connectivity index (χ4v) is 4.47. The second-order valence-corrected chi connectivity index (χ2v) is 8.48. The molecule has 0 saturated carbocycles. The molecule has 0 atom stereocenters. The topological polar surface area (TPSA) is 71.6 Å². The van der Waals surface area contributed by atoms with Gasteiger partial charge in [0, 0.05) is 23.2 Å². The molecule has 1 aromatic carbocycles. The lowest BCUT2D eigenvalue weighted by molar-refractivity contribution is -0.122. The zero-order chi connectivity index (χ0) is 19.7. The first-order chi connectivity index (χ1) is 13.5. The molecule has 3 heterocycles. The first-order valence-electron chi connectivity index (χ1n) is 8.49. The predicted molar refractivity (Wildman–Crippen MR) is 114 cm³/mol. The van der Waals surface area contributed by atoms with Gasteiger partial charge in [-0.1, -0.05) is 35.1 Å². The monoisotopic (exact) mass is 430 g/mol. The van der Waals surface area contributed by atoms with Crippen LogP contribution >= 0.6 is 34.7 Å². The van der Waals surface area contributed by atoms with Crippen molar-refractivity contribution in [2.45, 2.75) is 13.8 Å². The number of hydrogen-bond donors (Lipinski definition) is 0. The van der Waals surface area contributed by atoms with Crippen LogP contribution in [0.5, 0.6) is 0 Å². The number of carbonyl (C=O) groups is 1. The first-order valence-corrected chi connectivity index (χ1v) is 10.5. The van der Waals surface area contributed by atoms with Crippen molar-refractivity contribution in [1.82, 2.24) is 15.1 Å². The minimum absolute atomic E-state index is 0.104. The number of aryl methyl sites for hydroxylation is 1. The number of aromatic nitrogens is 2. The molecule has 2 aromatic heterocycles. The number of halogens is 1. The summed E-state index contributed by atoms with van der Waals surface area (Å²) in [4.78, 5) is 19.4. The Hall–Kier alpha value is -2.42. The van der Waals surface area contributed by atoms with Crippen LogP contribution in [0.25, 0.3) is 17.4 Å². The van der Waals surface area contributed by atoms with Gasteiger partial charge >= 0.3 is 0 Å². The van der Waals surface area contributed by atoms with Crippen molar-refractivity contribution in [1.29, 1.82) is 0 Å². The molecule has 1 aliphatic heterocycles. The molecule has 4 rings (SSSR count). The number of nitrogens with zero attached hydrogens (tertiary/aromatic N) is 4. The van der Waals surface area contributed by atoms with E-state index in [-0.39, 0.29) is 5.91 Å². The van der Waals surface area contributed by atoms with Gasteiger partial charge in [0.15, 0.2) is 5.17 Å². The van der Waals surface area contributed by atoms with E-state index in [0.717, 1.165) is 10.6 Å². The number of amides is 1.